The van der Waals surface area contributed by atoms with Crippen LogP contribution in [0.25, 0.3) is 11.2 Å². The fourth-order valence-electron chi connectivity index (χ4n) is 3.62. The third kappa shape index (κ3) is 8.24. The predicted molar refractivity (Wildman–Crippen MR) is 134 cm³/mol. The minimum atomic E-state index is -1.56. The van der Waals surface area contributed by atoms with Gasteiger partial charge in [0.1, 0.15) is 23.1 Å². The molecule has 0 unspecified atom stereocenters. The highest BCUT2D eigenvalue weighted by atomic mass is 32.2. The normalized spacial score (nSPS) is 14.9. The zero-order chi connectivity index (χ0) is 28.6. The maximum absolute atomic E-state index is 12.3. The van der Waals surface area contributed by atoms with Crippen LogP contribution in [0.15, 0.2) is 12.7 Å². The van der Waals surface area contributed by atoms with E-state index in [9.17, 15) is 24.0 Å². The number of H-pyrrole nitrogens is 1. The van der Waals surface area contributed by atoms with Crippen molar-refractivity contribution in [3.8, 4) is 0 Å². The summed E-state index contributed by atoms with van der Waals surface area (Å²) in [7, 11) is 0. The molecule has 0 bridgehead atoms. The number of rotatable bonds is 12. The molecule has 14 nitrogen and oxygen atoms in total. The second-order valence-corrected chi connectivity index (χ2v) is 9.20. The van der Waals surface area contributed by atoms with Crippen molar-refractivity contribution in [1.29, 1.82) is 0 Å². The quantitative estimate of drug-likeness (QED) is 0.220. The summed E-state index contributed by atoms with van der Waals surface area (Å²) in [5.41, 5.74) is 0.778. The Labute approximate surface area is 226 Å². The van der Waals surface area contributed by atoms with Gasteiger partial charge in [-0.1, -0.05) is 12.2 Å². The van der Waals surface area contributed by atoms with Crippen LogP contribution in [0.1, 0.15) is 40.0 Å². The molecule has 2 heterocycles. The van der Waals surface area contributed by atoms with Gasteiger partial charge in [0.2, 0.25) is 0 Å². The van der Waals surface area contributed by atoms with Gasteiger partial charge in [0, 0.05) is 34.6 Å². The Hall–Kier alpha value is -3.53. The number of ether oxygens (including phenoxy) is 5. The predicted octanol–water partition coefficient (Wildman–Crippen LogP) is 1.64. The van der Waals surface area contributed by atoms with Gasteiger partial charge in [0.15, 0.2) is 29.1 Å². The second-order valence-electron chi connectivity index (χ2n) is 7.86. The molecule has 0 aromatic carbocycles. The van der Waals surface area contributed by atoms with Crippen LogP contribution in [0.3, 0.4) is 0 Å². The Kier molecular flexibility index (Phi) is 11.2. The Bertz CT molecular complexity index is 1250. The average Bonchev–Trinajstić information content (AvgIpc) is 3.23. The number of nitrogens with zero attached hydrogens (tertiary/aromatic N) is 3. The molecule has 2 rings (SSSR count). The van der Waals surface area contributed by atoms with Crippen molar-refractivity contribution < 1.29 is 47.7 Å². The molecule has 2 aromatic rings. The molecular weight excluding hydrogens is 544 g/mol. The number of esters is 5. The van der Waals surface area contributed by atoms with Crippen LogP contribution in [-0.2, 0) is 47.7 Å². The van der Waals surface area contributed by atoms with Crippen LogP contribution in [0, 0.1) is 4.64 Å². The first kappa shape index (κ1) is 30.7. The Morgan fingerprint density at radius 3 is 1.95 bits per heavy atom. The number of hydrogen-bond donors (Lipinski definition) is 1. The molecule has 0 amide bonds. The third-order valence-corrected chi connectivity index (χ3v) is 6.14. The average molecular weight is 573 g/mol. The van der Waals surface area contributed by atoms with E-state index in [-0.39, 0.29) is 4.64 Å². The largest absolute Gasteiger partial charge is 0.462 e. The molecule has 0 aliphatic carbocycles. The smallest absolute Gasteiger partial charge is 0.303 e. The molecule has 0 radical (unpaired) electrons. The van der Waals surface area contributed by atoms with Gasteiger partial charge in [-0.15, -0.1) is 11.8 Å². The van der Waals surface area contributed by atoms with Gasteiger partial charge in [-0.3, -0.25) is 24.0 Å². The van der Waals surface area contributed by atoms with Crippen molar-refractivity contribution in [2.24, 2.45) is 0 Å². The van der Waals surface area contributed by atoms with Gasteiger partial charge < -0.3 is 33.2 Å². The SMILES string of the molecule is CS[C@@H]([C@H](OC(C)=O)[C@@H](OC(C)=O)[C@H](OC(C)=O)[C@@H](COC(C)=O)OC(C)=O)n1cnc2c(=S)nc[nH]c21. The molecule has 0 aliphatic rings. The van der Waals surface area contributed by atoms with E-state index in [1.54, 1.807) is 10.8 Å². The number of aromatic nitrogens is 4. The maximum Gasteiger partial charge on any atom is 0.303 e. The molecule has 208 valence electrons. The number of nitrogens with one attached hydrogen (secondary N) is 1. The maximum atomic E-state index is 12.3. The molecule has 1 N–H and O–H groups in total. The third-order valence-electron chi connectivity index (χ3n) is 4.86. The van der Waals surface area contributed by atoms with Crippen LogP contribution >= 0.6 is 24.0 Å². The molecule has 0 aliphatic heterocycles. The molecule has 16 heteroatoms. The Balaban J connectivity index is 2.73. The van der Waals surface area contributed by atoms with Gasteiger partial charge in [0.25, 0.3) is 0 Å². The fourth-order valence-corrected chi connectivity index (χ4v) is 4.69. The standard InChI is InChI=1S/C22H28N4O10S2/c1-10(27)32-7-15(33-11(2)28)17(34-12(3)29)18(35-13(4)30)19(36-14(5)31)22(38-6)26-9-25-16-20(26)23-8-24-21(16)37/h8-9,15,17-19,22H,7H2,1-6H3,(H,23,24,37)/t15-,17-,18+,19-,22+/m1/s1. The van der Waals surface area contributed by atoms with Gasteiger partial charge in [-0.25, -0.2) is 9.97 Å². The summed E-state index contributed by atoms with van der Waals surface area (Å²) < 4.78 is 28.7. The van der Waals surface area contributed by atoms with Crippen molar-refractivity contribution in [3.63, 3.8) is 0 Å². The van der Waals surface area contributed by atoms with E-state index in [1.165, 1.54) is 24.4 Å². The van der Waals surface area contributed by atoms with Crippen LogP contribution in [0.4, 0.5) is 0 Å². The van der Waals surface area contributed by atoms with Crippen LogP contribution in [0.5, 0.6) is 0 Å². The van der Waals surface area contributed by atoms with Crippen LogP contribution in [-0.4, -0.2) is 86.6 Å². The van der Waals surface area contributed by atoms with Crippen molar-refractivity contribution in [2.75, 3.05) is 12.9 Å². The van der Waals surface area contributed by atoms with Gasteiger partial charge in [-0.05, 0) is 6.26 Å². The Morgan fingerprint density at radius 1 is 0.868 bits per heavy atom. The lowest BCUT2D eigenvalue weighted by atomic mass is 10.0. The number of aromatic amines is 1. The number of carbonyl (C=O) groups excluding carboxylic acids is 5. The van der Waals surface area contributed by atoms with Crippen molar-refractivity contribution >= 4 is 65.0 Å². The lowest BCUT2D eigenvalue weighted by Gasteiger charge is -2.38. The Morgan fingerprint density at radius 2 is 1.42 bits per heavy atom. The number of fused-ring (bicyclic) bond motifs is 1. The molecule has 0 fully saturated rings. The van der Waals surface area contributed by atoms with Crippen molar-refractivity contribution in [2.45, 2.75) is 64.4 Å². The highest BCUT2D eigenvalue weighted by Crippen LogP contribution is 2.35. The first-order valence-electron chi connectivity index (χ1n) is 11.1. The first-order chi connectivity index (χ1) is 17.8. The highest BCUT2D eigenvalue weighted by molar-refractivity contribution is 7.98. The molecule has 2 aromatic heterocycles. The zero-order valence-corrected chi connectivity index (χ0v) is 23.1. The van der Waals surface area contributed by atoms with E-state index in [4.69, 9.17) is 35.9 Å². The topological polar surface area (TPSA) is 178 Å². The number of carbonyl (C=O) groups is 5. The number of thioether (sulfide) groups is 1. The molecular formula is C22H28N4O10S2. The second kappa shape index (κ2) is 13.9. The van der Waals surface area contributed by atoms with Crippen molar-refractivity contribution in [1.82, 2.24) is 19.5 Å². The van der Waals surface area contributed by atoms with Crippen molar-refractivity contribution in [3.05, 3.63) is 17.3 Å². The van der Waals surface area contributed by atoms with E-state index in [0.717, 1.165) is 34.6 Å². The first-order valence-corrected chi connectivity index (χ1v) is 12.8. The molecule has 0 saturated heterocycles. The van der Waals surface area contributed by atoms with Crippen LogP contribution in [0.2, 0.25) is 0 Å². The summed E-state index contributed by atoms with van der Waals surface area (Å²) in [6, 6.07) is 0. The monoisotopic (exact) mass is 572 g/mol. The van der Waals surface area contributed by atoms with E-state index >= 15 is 0 Å². The zero-order valence-electron chi connectivity index (χ0n) is 21.5. The van der Waals surface area contributed by atoms with Gasteiger partial charge in [-0.2, -0.15) is 0 Å². The molecule has 5 atom stereocenters. The molecule has 0 saturated carbocycles. The highest BCUT2D eigenvalue weighted by Gasteiger charge is 2.47. The number of hydrogen-bond acceptors (Lipinski definition) is 14. The van der Waals surface area contributed by atoms with E-state index in [1.807, 2.05) is 0 Å². The van der Waals surface area contributed by atoms with E-state index < -0.39 is 66.2 Å². The fraction of sp³-hybridized carbons (Fsp3) is 0.545. The molecule has 0 spiro atoms. The van der Waals surface area contributed by atoms with Gasteiger partial charge in [0.05, 0.1) is 12.7 Å². The summed E-state index contributed by atoms with van der Waals surface area (Å²) >= 11 is 6.41. The minimum absolute atomic E-state index is 0.215. The van der Waals surface area contributed by atoms with E-state index in [0.29, 0.717) is 11.2 Å². The number of imidazole rings is 1. The van der Waals surface area contributed by atoms with Gasteiger partial charge >= 0.3 is 29.8 Å². The van der Waals surface area contributed by atoms with Crippen LogP contribution < -0.4 is 0 Å². The summed E-state index contributed by atoms with van der Waals surface area (Å²) in [4.78, 5) is 71.3. The molecule has 38 heavy (non-hydrogen) atoms. The lowest BCUT2D eigenvalue weighted by molar-refractivity contribution is -0.203. The summed E-state index contributed by atoms with van der Waals surface area (Å²) in [6.07, 6.45) is -1.41. The summed E-state index contributed by atoms with van der Waals surface area (Å²) in [5, 5.41) is -0.855. The van der Waals surface area contributed by atoms with E-state index in [2.05, 4.69) is 15.0 Å². The lowest BCUT2D eigenvalue weighted by Crippen LogP contribution is -2.54. The minimum Gasteiger partial charge on any atom is -0.462 e. The summed E-state index contributed by atoms with van der Waals surface area (Å²) in [6.45, 7) is 4.99. The summed E-state index contributed by atoms with van der Waals surface area (Å²) in [5.74, 6) is -3.92.